The van der Waals surface area contributed by atoms with E-state index in [-0.39, 0.29) is 12.0 Å². The van der Waals surface area contributed by atoms with Gasteiger partial charge in [-0.1, -0.05) is 35.4 Å². The summed E-state index contributed by atoms with van der Waals surface area (Å²) in [6.45, 7) is 6.90. The van der Waals surface area contributed by atoms with Gasteiger partial charge in [0.15, 0.2) is 0 Å². The lowest BCUT2D eigenvalue weighted by atomic mass is 9.90. The summed E-state index contributed by atoms with van der Waals surface area (Å²) >= 11 is 2.39. The van der Waals surface area contributed by atoms with Gasteiger partial charge in [-0.05, 0) is 50.9 Å². The fourth-order valence-electron chi connectivity index (χ4n) is 2.66. The van der Waals surface area contributed by atoms with Crippen LogP contribution < -0.4 is 0 Å². The SMILES string of the molecule is CC(C)(C)OC(=O)N1CCC(C(=O)CCCCCCI)CC1. The fraction of sp³-hybridized carbons (Fsp3) is 0.882. The third-order valence-corrected chi connectivity index (χ3v) is 4.67. The monoisotopic (exact) mass is 423 g/mol. The molecule has 1 fully saturated rings. The second kappa shape index (κ2) is 9.73. The Bertz CT molecular complexity index is 357. The Hall–Kier alpha value is -0.330. The molecule has 0 aliphatic carbocycles. The van der Waals surface area contributed by atoms with Gasteiger partial charge in [0.05, 0.1) is 0 Å². The smallest absolute Gasteiger partial charge is 0.410 e. The molecule has 0 N–H and O–H groups in total. The standard InChI is InChI=1S/C17H30INO3/c1-17(2,3)22-16(21)19-12-9-14(10-13-19)15(20)8-6-4-5-7-11-18/h14H,4-13H2,1-3H3. The van der Waals surface area contributed by atoms with Crippen LogP contribution in [-0.4, -0.2) is 39.9 Å². The molecule has 0 atom stereocenters. The van der Waals surface area contributed by atoms with E-state index in [1.165, 1.54) is 17.3 Å². The number of carbonyl (C=O) groups excluding carboxylic acids is 2. The van der Waals surface area contributed by atoms with Crippen molar-refractivity contribution in [2.45, 2.75) is 71.3 Å². The van der Waals surface area contributed by atoms with Gasteiger partial charge in [-0.15, -0.1) is 0 Å². The van der Waals surface area contributed by atoms with E-state index in [0.29, 0.717) is 25.3 Å². The van der Waals surface area contributed by atoms with Gasteiger partial charge >= 0.3 is 6.09 Å². The second-order valence-corrected chi connectivity index (χ2v) is 8.14. The molecule has 0 aromatic heterocycles. The molecule has 1 aliphatic heterocycles. The summed E-state index contributed by atoms with van der Waals surface area (Å²) in [6, 6.07) is 0. The molecule has 128 valence electrons. The number of nitrogens with zero attached hydrogens (tertiary/aromatic N) is 1. The van der Waals surface area contributed by atoms with Crippen LogP contribution in [0.4, 0.5) is 4.79 Å². The number of rotatable bonds is 7. The number of likely N-dealkylation sites (tertiary alicyclic amines) is 1. The molecule has 0 aromatic rings. The van der Waals surface area contributed by atoms with E-state index in [0.717, 1.165) is 25.7 Å². The predicted molar refractivity (Wildman–Crippen MR) is 97.5 cm³/mol. The van der Waals surface area contributed by atoms with Crippen LogP contribution in [0.1, 0.15) is 65.7 Å². The van der Waals surface area contributed by atoms with E-state index >= 15 is 0 Å². The predicted octanol–water partition coefficient (Wildman–Crippen LogP) is 4.59. The quantitative estimate of drug-likeness (QED) is 0.342. The van der Waals surface area contributed by atoms with Crippen LogP contribution in [0, 0.1) is 5.92 Å². The van der Waals surface area contributed by atoms with Crippen molar-refractivity contribution in [1.29, 1.82) is 0 Å². The maximum atomic E-state index is 12.2. The first-order valence-electron chi connectivity index (χ1n) is 8.40. The number of carbonyl (C=O) groups is 2. The number of ether oxygens (including phenoxy) is 1. The highest BCUT2D eigenvalue weighted by Crippen LogP contribution is 2.22. The molecule has 4 nitrogen and oxygen atoms in total. The van der Waals surface area contributed by atoms with E-state index < -0.39 is 5.60 Å². The third kappa shape index (κ3) is 7.79. The zero-order chi connectivity index (χ0) is 16.6. The van der Waals surface area contributed by atoms with E-state index in [2.05, 4.69) is 22.6 Å². The number of unbranched alkanes of at least 4 members (excludes halogenated alkanes) is 3. The molecular formula is C17H30INO3. The molecule has 1 heterocycles. The van der Waals surface area contributed by atoms with E-state index in [9.17, 15) is 9.59 Å². The molecule has 5 heteroatoms. The first-order valence-corrected chi connectivity index (χ1v) is 9.92. The van der Waals surface area contributed by atoms with Gasteiger partial charge in [-0.2, -0.15) is 0 Å². The van der Waals surface area contributed by atoms with Gasteiger partial charge in [0.25, 0.3) is 0 Å². The molecule has 0 saturated carbocycles. The van der Waals surface area contributed by atoms with Gasteiger partial charge in [-0.25, -0.2) is 4.79 Å². The van der Waals surface area contributed by atoms with Crippen molar-refractivity contribution in [3.8, 4) is 0 Å². The van der Waals surface area contributed by atoms with E-state index in [1.807, 2.05) is 20.8 Å². The van der Waals surface area contributed by atoms with Crippen LogP contribution in [0.2, 0.25) is 0 Å². The molecule has 1 aliphatic rings. The lowest BCUT2D eigenvalue weighted by molar-refractivity contribution is -0.124. The van der Waals surface area contributed by atoms with Crippen LogP contribution in [-0.2, 0) is 9.53 Å². The maximum Gasteiger partial charge on any atom is 0.410 e. The molecule has 22 heavy (non-hydrogen) atoms. The number of ketones is 1. The Morgan fingerprint density at radius 2 is 1.68 bits per heavy atom. The minimum absolute atomic E-state index is 0.142. The van der Waals surface area contributed by atoms with Crippen LogP contribution in [0.25, 0.3) is 0 Å². The van der Waals surface area contributed by atoms with Crippen molar-refractivity contribution >= 4 is 34.5 Å². The Morgan fingerprint density at radius 1 is 1.09 bits per heavy atom. The van der Waals surface area contributed by atoms with Gasteiger partial charge in [0.2, 0.25) is 0 Å². The minimum atomic E-state index is -0.457. The zero-order valence-corrected chi connectivity index (χ0v) is 16.4. The molecule has 1 saturated heterocycles. The minimum Gasteiger partial charge on any atom is -0.444 e. The summed E-state index contributed by atoms with van der Waals surface area (Å²) in [5.74, 6) is 0.529. The number of Topliss-reactive ketones (excluding diaryl/α,β-unsaturated/α-hetero) is 1. The topological polar surface area (TPSA) is 46.6 Å². The average Bonchev–Trinajstić information content (AvgIpc) is 2.45. The molecule has 1 amide bonds. The highest BCUT2D eigenvalue weighted by atomic mass is 127. The van der Waals surface area contributed by atoms with Crippen LogP contribution in [0.15, 0.2) is 0 Å². The zero-order valence-electron chi connectivity index (χ0n) is 14.2. The Labute approximate surface area is 148 Å². The number of amides is 1. The number of halogens is 1. The molecule has 0 radical (unpaired) electrons. The lowest BCUT2D eigenvalue weighted by Crippen LogP contribution is -2.42. The maximum absolute atomic E-state index is 12.2. The second-order valence-electron chi connectivity index (χ2n) is 7.06. The number of alkyl halides is 1. The van der Waals surface area contributed by atoms with E-state index in [1.54, 1.807) is 4.90 Å². The Morgan fingerprint density at radius 3 is 2.23 bits per heavy atom. The summed E-state index contributed by atoms with van der Waals surface area (Å²) in [5, 5.41) is 0. The van der Waals surface area contributed by atoms with Crippen molar-refractivity contribution in [2.24, 2.45) is 5.92 Å². The number of piperidine rings is 1. The number of hydrogen-bond acceptors (Lipinski definition) is 3. The van der Waals surface area contributed by atoms with Gasteiger partial charge in [-0.3, -0.25) is 4.79 Å². The van der Waals surface area contributed by atoms with E-state index in [4.69, 9.17) is 4.74 Å². The Kier molecular flexibility index (Phi) is 8.72. The molecule has 0 unspecified atom stereocenters. The molecule has 0 bridgehead atoms. The molecular weight excluding hydrogens is 393 g/mol. The van der Waals surface area contributed by atoms with Gasteiger partial charge in [0.1, 0.15) is 11.4 Å². The molecule has 0 spiro atoms. The summed E-state index contributed by atoms with van der Waals surface area (Å²) in [4.78, 5) is 25.9. The normalized spacial score (nSPS) is 16.6. The van der Waals surface area contributed by atoms with Crippen LogP contribution >= 0.6 is 22.6 Å². The van der Waals surface area contributed by atoms with Gasteiger partial charge < -0.3 is 9.64 Å². The first-order chi connectivity index (χ1) is 10.3. The van der Waals surface area contributed by atoms with Crippen LogP contribution in [0.5, 0.6) is 0 Å². The summed E-state index contributed by atoms with van der Waals surface area (Å²) in [7, 11) is 0. The Balaban J connectivity index is 2.24. The van der Waals surface area contributed by atoms with Crippen molar-refractivity contribution in [3.05, 3.63) is 0 Å². The van der Waals surface area contributed by atoms with Gasteiger partial charge in [0, 0.05) is 25.4 Å². The molecule has 0 aromatic carbocycles. The average molecular weight is 423 g/mol. The highest BCUT2D eigenvalue weighted by molar-refractivity contribution is 14.1. The van der Waals surface area contributed by atoms with Crippen LogP contribution in [0.3, 0.4) is 0 Å². The van der Waals surface area contributed by atoms with Crippen molar-refractivity contribution < 1.29 is 14.3 Å². The third-order valence-electron chi connectivity index (χ3n) is 3.91. The van der Waals surface area contributed by atoms with Crippen molar-refractivity contribution in [3.63, 3.8) is 0 Å². The summed E-state index contributed by atoms with van der Waals surface area (Å²) < 4.78 is 6.58. The number of hydrogen-bond donors (Lipinski definition) is 0. The highest BCUT2D eigenvalue weighted by Gasteiger charge is 2.29. The first kappa shape index (κ1) is 19.7. The summed E-state index contributed by atoms with van der Waals surface area (Å²) in [5.41, 5.74) is -0.457. The molecule has 1 rings (SSSR count). The lowest BCUT2D eigenvalue weighted by Gasteiger charge is -2.33. The van der Waals surface area contributed by atoms with Crippen molar-refractivity contribution in [2.75, 3.05) is 17.5 Å². The largest absolute Gasteiger partial charge is 0.444 e. The summed E-state index contributed by atoms with van der Waals surface area (Å²) in [6.07, 6.45) is 6.68. The fourth-order valence-corrected chi connectivity index (χ4v) is 3.20. The van der Waals surface area contributed by atoms with Crippen molar-refractivity contribution in [1.82, 2.24) is 4.90 Å².